The molecule has 1 atom stereocenters. The molecule has 0 radical (unpaired) electrons. The number of aromatic nitrogens is 2. The number of morpholine rings is 1. The number of aromatic amines is 1. The molecule has 1 saturated heterocycles. The normalized spacial score (nSPS) is 22.7. The van der Waals surface area contributed by atoms with Crippen LogP contribution in [0.15, 0.2) is 24.3 Å². The molecule has 114 valence electrons. The van der Waals surface area contributed by atoms with Crippen molar-refractivity contribution in [2.45, 2.75) is 32.1 Å². The first kappa shape index (κ1) is 14.5. The first-order valence-corrected chi connectivity index (χ1v) is 7.38. The SMILES string of the molecule is COCC1CN(Cc2nc3ccccc3[nH]2)CC(C)(C)O1. The number of ether oxygens (including phenoxy) is 2. The molecule has 1 aliphatic heterocycles. The molecule has 0 spiro atoms. The van der Waals surface area contributed by atoms with E-state index in [1.165, 1.54) is 0 Å². The van der Waals surface area contributed by atoms with Crippen molar-refractivity contribution in [1.82, 2.24) is 14.9 Å². The zero-order chi connectivity index (χ0) is 14.9. The number of nitrogens with one attached hydrogen (secondary N) is 1. The number of hydrogen-bond acceptors (Lipinski definition) is 4. The van der Waals surface area contributed by atoms with E-state index in [0.717, 1.165) is 36.5 Å². The van der Waals surface area contributed by atoms with Gasteiger partial charge in [0, 0.05) is 20.2 Å². The van der Waals surface area contributed by atoms with Gasteiger partial charge in [-0.05, 0) is 26.0 Å². The van der Waals surface area contributed by atoms with E-state index in [9.17, 15) is 0 Å². The Labute approximate surface area is 125 Å². The molecule has 5 nitrogen and oxygen atoms in total. The summed E-state index contributed by atoms with van der Waals surface area (Å²) in [5.41, 5.74) is 1.95. The number of hydrogen-bond donors (Lipinski definition) is 1. The van der Waals surface area contributed by atoms with Crippen LogP contribution in [0, 0.1) is 0 Å². The topological polar surface area (TPSA) is 50.4 Å². The predicted molar refractivity (Wildman–Crippen MR) is 82.2 cm³/mol. The van der Waals surface area contributed by atoms with Crippen molar-refractivity contribution in [3.63, 3.8) is 0 Å². The standard InChI is InChI=1S/C16H23N3O2/c1-16(2)11-19(8-12(21-16)10-20-3)9-15-17-13-6-4-5-7-14(13)18-15/h4-7,12H,8-11H2,1-3H3,(H,17,18). The van der Waals surface area contributed by atoms with Crippen molar-refractivity contribution in [3.8, 4) is 0 Å². The smallest absolute Gasteiger partial charge is 0.121 e. The summed E-state index contributed by atoms with van der Waals surface area (Å²) in [6, 6.07) is 8.13. The third kappa shape index (κ3) is 3.43. The molecular formula is C16H23N3O2. The monoisotopic (exact) mass is 289 g/mol. The molecule has 5 heteroatoms. The number of para-hydroxylation sites is 2. The average Bonchev–Trinajstić information content (AvgIpc) is 2.79. The lowest BCUT2D eigenvalue weighted by Gasteiger charge is -2.42. The molecule has 3 rings (SSSR count). The fourth-order valence-corrected chi connectivity index (χ4v) is 3.10. The molecule has 2 heterocycles. The number of nitrogens with zero attached hydrogens (tertiary/aromatic N) is 2. The summed E-state index contributed by atoms with van der Waals surface area (Å²) >= 11 is 0. The Bertz CT molecular complexity index is 575. The Morgan fingerprint density at radius 3 is 3.00 bits per heavy atom. The van der Waals surface area contributed by atoms with Crippen molar-refractivity contribution in [2.24, 2.45) is 0 Å². The van der Waals surface area contributed by atoms with Crippen LogP contribution in [-0.2, 0) is 16.0 Å². The maximum absolute atomic E-state index is 6.04. The first-order valence-electron chi connectivity index (χ1n) is 7.38. The Morgan fingerprint density at radius 2 is 2.24 bits per heavy atom. The van der Waals surface area contributed by atoms with Gasteiger partial charge in [-0.2, -0.15) is 0 Å². The second-order valence-corrected chi connectivity index (χ2v) is 6.33. The van der Waals surface area contributed by atoms with Gasteiger partial charge in [0.15, 0.2) is 0 Å². The summed E-state index contributed by atoms with van der Waals surface area (Å²) in [5, 5.41) is 0. The lowest BCUT2D eigenvalue weighted by Crippen LogP contribution is -2.53. The molecule has 1 fully saturated rings. The van der Waals surface area contributed by atoms with E-state index in [4.69, 9.17) is 9.47 Å². The van der Waals surface area contributed by atoms with E-state index in [1.54, 1.807) is 7.11 Å². The number of benzene rings is 1. The van der Waals surface area contributed by atoms with E-state index in [1.807, 2.05) is 18.2 Å². The lowest BCUT2D eigenvalue weighted by molar-refractivity contribution is -0.154. The third-order valence-electron chi connectivity index (χ3n) is 3.72. The Hall–Kier alpha value is -1.43. The molecule has 0 amide bonds. The first-order chi connectivity index (χ1) is 10.1. The summed E-state index contributed by atoms with van der Waals surface area (Å²) in [7, 11) is 1.72. The predicted octanol–water partition coefficient (Wildman–Crippen LogP) is 2.19. The van der Waals surface area contributed by atoms with E-state index in [0.29, 0.717) is 6.61 Å². The summed E-state index contributed by atoms with van der Waals surface area (Å²) in [5.74, 6) is 1.00. The summed E-state index contributed by atoms with van der Waals surface area (Å²) in [4.78, 5) is 10.4. The van der Waals surface area contributed by atoms with Gasteiger partial charge in [-0.1, -0.05) is 12.1 Å². The molecule has 1 N–H and O–H groups in total. The van der Waals surface area contributed by atoms with Gasteiger partial charge >= 0.3 is 0 Å². The van der Waals surface area contributed by atoms with Gasteiger partial charge in [0.25, 0.3) is 0 Å². The molecule has 1 aliphatic rings. The van der Waals surface area contributed by atoms with Crippen LogP contribution in [0.4, 0.5) is 0 Å². The van der Waals surface area contributed by atoms with Crippen molar-refractivity contribution in [3.05, 3.63) is 30.1 Å². The Balaban J connectivity index is 1.73. The van der Waals surface area contributed by atoms with E-state index in [-0.39, 0.29) is 11.7 Å². The van der Waals surface area contributed by atoms with Gasteiger partial charge in [0.1, 0.15) is 5.82 Å². The number of imidazole rings is 1. The lowest BCUT2D eigenvalue weighted by atomic mass is 10.1. The van der Waals surface area contributed by atoms with Crippen LogP contribution in [-0.4, -0.2) is 53.4 Å². The minimum atomic E-state index is -0.159. The van der Waals surface area contributed by atoms with Crippen LogP contribution in [0.1, 0.15) is 19.7 Å². The number of fused-ring (bicyclic) bond motifs is 1. The van der Waals surface area contributed by atoms with Crippen LogP contribution in [0.5, 0.6) is 0 Å². The third-order valence-corrected chi connectivity index (χ3v) is 3.72. The van der Waals surface area contributed by atoms with Crippen molar-refractivity contribution in [2.75, 3.05) is 26.8 Å². The van der Waals surface area contributed by atoms with Crippen LogP contribution in [0.3, 0.4) is 0 Å². The molecular weight excluding hydrogens is 266 g/mol. The Morgan fingerprint density at radius 1 is 1.43 bits per heavy atom. The zero-order valence-corrected chi connectivity index (χ0v) is 12.9. The van der Waals surface area contributed by atoms with Crippen molar-refractivity contribution < 1.29 is 9.47 Å². The fraction of sp³-hybridized carbons (Fsp3) is 0.562. The maximum Gasteiger partial charge on any atom is 0.121 e. The minimum Gasteiger partial charge on any atom is -0.382 e. The Kier molecular flexibility index (Phi) is 3.97. The van der Waals surface area contributed by atoms with Gasteiger partial charge in [-0.3, -0.25) is 4.90 Å². The van der Waals surface area contributed by atoms with Gasteiger partial charge < -0.3 is 14.5 Å². The van der Waals surface area contributed by atoms with E-state index in [2.05, 4.69) is 34.8 Å². The van der Waals surface area contributed by atoms with Crippen molar-refractivity contribution in [1.29, 1.82) is 0 Å². The molecule has 0 aliphatic carbocycles. The van der Waals surface area contributed by atoms with Gasteiger partial charge in [-0.25, -0.2) is 4.98 Å². The summed E-state index contributed by atoms with van der Waals surface area (Å²) < 4.78 is 11.3. The molecule has 1 unspecified atom stereocenters. The maximum atomic E-state index is 6.04. The number of methoxy groups -OCH3 is 1. The minimum absolute atomic E-state index is 0.114. The molecule has 0 saturated carbocycles. The van der Waals surface area contributed by atoms with Crippen LogP contribution in [0.25, 0.3) is 11.0 Å². The van der Waals surface area contributed by atoms with Gasteiger partial charge in [0.05, 0.1) is 35.9 Å². The molecule has 1 aromatic heterocycles. The number of rotatable bonds is 4. The highest BCUT2D eigenvalue weighted by Crippen LogP contribution is 2.22. The second-order valence-electron chi connectivity index (χ2n) is 6.33. The van der Waals surface area contributed by atoms with Crippen molar-refractivity contribution >= 4 is 11.0 Å². The quantitative estimate of drug-likeness (QED) is 0.937. The highest BCUT2D eigenvalue weighted by molar-refractivity contribution is 5.74. The van der Waals surface area contributed by atoms with Gasteiger partial charge in [0.2, 0.25) is 0 Å². The molecule has 21 heavy (non-hydrogen) atoms. The molecule has 1 aromatic carbocycles. The fourth-order valence-electron chi connectivity index (χ4n) is 3.10. The van der Waals surface area contributed by atoms with E-state index < -0.39 is 0 Å². The molecule has 2 aromatic rings. The second kappa shape index (κ2) is 5.75. The summed E-state index contributed by atoms with van der Waals surface area (Å²) in [6.07, 6.45) is 0.114. The highest BCUT2D eigenvalue weighted by atomic mass is 16.5. The summed E-state index contributed by atoms with van der Waals surface area (Å²) in [6.45, 7) is 7.45. The van der Waals surface area contributed by atoms with Crippen LogP contribution in [0.2, 0.25) is 0 Å². The van der Waals surface area contributed by atoms with E-state index >= 15 is 0 Å². The average molecular weight is 289 g/mol. The van der Waals surface area contributed by atoms with Crippen LogP contribution < -0.4 is 0 Å². The number of H-pyrrole nitrogens is 1. The van der Waals surface area contributed by atoms with Gasteiger partial charge in [-0.15, -0.1) is 0 Å². The zero-order valence-electron chi connectivity index (χ0n) is 12.9. The largest absolute Gasteiger partial charge is 0.382 e. The molecule has 0 bridgehead atoms. The van der Waals surface area contributed by atoms with Crippen LogP contribution >= 0.6 is 0 Å². The highest BCUT2D eigenvalue weighted by Gasteiger charge is 2.33.